The zero-order valence-corrected chi connectivity index (χ0v) is 13.6. The summed E-state index contributed by atoms with van der Waals surface area (Å²) >= 11 is 1.82. The van der Waals surface area contributed by atoms with Crippen LogP contribution < -0.4 is 10.2 Å². The van der Waals surface area contributed by atoms with Gasteiger partial charge in [0.1, 0.15) is 0 Å². The van der Waals surface area contributed by atoms with Gasteiger partial charge in [-0.15, -0.1) is 11.3 Å². The van der Waals surface area contributed by atoms with E-state index in [1.54, 1.807) is 0 Å². The van der Waals surface area contributed by atoms with Gasteiger partial charge in [-0.1, -0.05) is 38.1 Å². The summed E-state index contributed by atoms with van der Waals surface area (Å²) in [5.74, 6) is 0.691. The van der Waals surface area contributed by atoms with E-state index < -0.39 is 0 Å². The Morgan fingerprint density at radius 1 is 1.29 bits per heavy atom. The van der Waals surface area contributed by atoms with Gasteiger partial charge in [-0.25, -0.2) is 4.98 Å². The predicted octanol–water partition coefficient (Wildman–Crippen LogP) is 3.45. The fourth-order valence-corrected chi connectivity index (χ4v) is 3.57. The van der Waals surface area contributed by atoms with Gasteiger partial charge in [0.25, 0.3) is 0 Å². The third-order valence-electron chi connectivity index (χ3n) is 3.79. The number of benzene rings is 1. The molecule has 1 aromatic carbocycles. The topological polar surface area (TPSA) is 28.2 Å². The standard InChI is InChI=1S/C17H23N3S/c1-13(2)9-18-10-16-11-19-17(21-16)20-8-7-14-5-3-4-6-15(14)12-20/h3-6,11,13,18H,7-10,12H2,1-2H3. The molecular formula is C17H23N3S. The summed E-state index contributed by atoms with van der Waals surface area (Å²) in [6, 6.07) is 8.75. The minimum Gasteiger partial charge on any atom is -0.343 e. The van der Waals surface area contributed by atoms with E-state index in [2.05, 4.69) is 53.3 Å². The summed E-state index contributed by atoms with van der Waals surface area (Å²) in [5, 5.41) is 4.64. The molecule has 0 bridgehead atoms. The molecule has 21 heavy (non-hydrogen) atoms. The van der Waals surface area contributed by atoms with Crippen molar-refractivity contribution in [1.82, 2.24) is 10.3 Å². The summed E-state index contributed by atoms with van der Waals surface area (Å²) < 4.78 is 0. The first-order valence-electron chi connectivity index (χ1n) is 7.69. The van der Waals surface area contributed by atoms with E-state index in [1.807, 2.05) is 17.5 Å². The van der Waals surface area contributed by atoms with Crippen molar-refractivity contribution in [2.24, 2.45) is 5.92 Å². The highest BCUT2D eigenvalue weighted by Crippen LogP contribution is 2.28. The van der Waals surface area contributed by atoms with Gasteiger partial charge in [-0.3, -0.25) is 0 Å². The van der Waals surface area contributed by atoms with Crippen LogP contribution in [0, 0.1) is 5.92 Å². The average molecular weight is 301 g/mol. The number of aromatic nitrogens is 1. The van der Waals surface area contributed by atoms with Crippen molar-refractivity contribution >= 4 is 16.5 Å². The first-order chi connectivity index (χ1) is 10.2. The molecule has 1 aromatic heterocycles. The third kappa shape index (κ3) is 3.63. The number of nitrogens with zero attached hydrogens (tertiary/aromatic N) is 2. The molecule has 1 aliphatic rings. The van der Waals surface area contributed by atoms with Gasteiger partial charge in [0, 0.05) is 30.7 Å². The lowest BCUT2D eigenvalue weighted by Gasteiger charge is -2.28. The van der Waals surface area contributed by atoms with Crippen LogP contribution in [0.15, 0.2) is 30.5 Å². The van der Waals surface area contributed by atoms with Crippen LogP contribution in [0.1, 0.15) is 29.9 Å². The first kappa shape index (κ1) is 14.5. The molecule has 0 radical (unpaired) electrons. The number of hydrogen-bond donors (Lipinski definition) is 1. The van der Waals surface area contributed by atoms with Gasteiger partial charge >= 0.3 is 0 Å². The van der Waals surface area contributed by atoms with E-state index in [0.29, 0.717) is 5.92 Å². The molecule has 2 heterocycles. The fourth-order valence-electron chi connectivity index (χ4n) is 2.67. The molecular weight excluding hydrogens is 278 g/mol. The van der Waals surface area contributed by atoms with Crippen molar-refractivity contribution < 1.29 is 0 Å². The first-order valence-corrected chi connectivity index (χ1v) is 8.51. The molecule has 0 aliphatic carbocycles. The quantitative estimate of drug-likeness (QED) is 0.917. The normalized spacial score (nSPS) is 14.5. The van der Waals surface area contributed by atoms with Crippen molar-refractivity contribution in [2.75, 3.05) is 18.0 Å². The summed E-state index contributed by atoms with van der Waals surface area (Å²) in [5.41, 5.74) is 2.93. The third-order valence-corrected chi connectivity index (χ3v) is 4.85. The molecule has 0 saturated carbocycles. The molecule has 4 heteroatoms. The van der Waals surface area contributed by atoms with Crippen LogP contribution in [0.4, 0.5) is 5.13 Å². The maximum Gasteiger partial charge on any atom is 0.185 e. The van der Waals surface area contributed by atoms with Crippen molar-refractivity contribution in [2.45, 2.75) is 33.4 Å². The largest absolute Gasteiger partial charge is 0.343 e. The summed E-state index contributed by atoms with van der Waals surface area (Å²) in [4.78, 5) is 8.34. The lowest BCUT2D eigenvalue weighted by atomic mass is 10.0. The Morgan fingerprint density at radius 2 is 2.10 bits per heavy atom. The fraction of sp³-hybridized carbons (Fsp3) is 0.471. The van der Waals surface area contributed by atoms with Crippen molar-refractivity contribution in [3.05, 3.63) is 46.5 Å². The van der Waals surface area contributed by atoms with Crippen LogP contribution in [0.5, 0.6) is 0 Å². The monoisotopic (exact) mass is 301 g/mol. The van der Waals surface area contributed by atoms with E-state index >= 15 is 0 Å². The second-order valence-corrected chi connectivity index (χ2v) is 7.17. The number of anilines is 1. The van der Waals surface area contributed by atoms with Gasteiger partial charge in [-0.05, 0) is 30.0 Å². The number of rotatable bonds is 5. The van der Waals surface area contributed by atoms with Crippen LogP contribution in [0.3, 0.4) is 0 Å². The Labute approximate surface area is 131 Å². The van der Waals surface area contributed by atoms with Gasteiger partial charge in [0.15, 0.2) is 5.13 Å². The van der Waals surface area contributed by atoms with Crippen molar-refractivity contribution in [3.8, 4) is 0 Å². The second kappa shape index (κ2) is 6.58. The minimum atomic E-state index is 0.691. The van der Waals surface area contributed by atoms with Crippen LogP contribution in [-0.2, 0) is 19.5 Å². The minimum absolute atomic E-state index is 0.691. The summed E-state index contributed by atoms with van der Waals surface area (Å²) in [6.07, 6.45) is 3.14. The van der Waals surface area contributed by atoms with Crippen molar-refractivity contribution in [3.63, 3.8) is 0 Å². The van der Waals surface area contributed by atoms with E-state index in [-0.39, 0.29) is 0 Å². The Hall–Kier alpha value is -1.39. The summed E-state index contributed by atoms with van der Waals surface area (Å²) in [7, 11) is 0. The Morgan fingerprint density at radius 3 is 2.90 bits per heavy atom. The van der Waals surface area contributed by atoms with Gasteiger partial charge in [0.05, 0.1) is 0 Å². The second-order valence-electron chi connectivity index (χ2n) is 6.07. The van der Waals surface area contributed by atoms with Crippen LogP contribution in [0.25, 0.3) is 0 Å². The van der Waals surface area contributed by atoms with Crippen LogP contribution >= 0.6 is 11.3 Å². The Balaban J connectivity index is 1.62. The lowest BCUT2D eigenvalue weighted by molar-refractivity contribution is 0.554. The molecule has 3 nitrogen and oxygen atoms in total. The molecule has 1 N–H and O–H groups in total. The Kier molecular flexibility index (Phi) is 4.56. The molecule has 2 aromatic rings. The molecule has 0 saturated heterocycles. The molecule has 0 amide bonds. The van der Waals surface area contributed by atoms with E-state index in [0.717, 1.165) is 37.7 Å². The molecule has 0 spiro atoms. The van der Waals surface area contributed by atoms with Gasteiger partial charge in [-0.2, -0.15) is 0 Å². The van der Waals surface area contributed by atoms with Crippen LogP contribution in [-0.4, -0.2) is 18.1 Å². The molecule has 3 rings (SSSR count). The van der Waals surface area contributed by atoms with E-state index in [4.69, 9.17) is 0 Å². The van der Waals surface area contributed by atoms with Gasteiger partial charge < -0.3 is 10.2 Å². The highest BCUT2D eigenvalue weighted by molar-refractivity contribution is 7.15. The molecule has 0 fully saturated rings. The predicted molar refractivity (Wildman–Crippen MR) is 89.9 cm³/mol. The molecule has 1 aliphatic heterocycles. The zero-order valence-electron chi connectivity index (χ0n) is 12.8. The Bertz CT molecular complexity index is 591. The summed E-state index contributed by atoms with van der Waals surface area (Å²) in [6.45, 7) is 8.52. The molecule has 0 atom stereocenters. The number of hydrogen-bond acceptors (Lipinski definition) is 4. The van der Waals surface area contributed by atoms with Crippen molar-refractivity contribution in [1.29, 1.82) is 0 Å². The number of nitrogens with one attached hydrogen (secondary N) is 1. The van der Waals surface area contributed by atoms with E-state index in [1.165, 1.54) is 16.0 Å². The maximum absolute atomic E-state index is 4.61. The maximum atomic E-state index is 4.61. The number of fused-ring (bicyclic) bond motifs is 1. The number of thiazole rings is 1. The lowest BCUT2D eigenvalue weighted by Crippen LogP contribution is -2.30. The van der Waals surface area contributed by atoms with E-state index in [9.17, 15) is 0 Å². The molecule has 112 valence electrons. The SMILES string of the molecule is CC(C)CNCc1cnc(N2CCc3ccccc3C2)s1. The van der Waals surface area contributed by atoms with Crippen LogP contribution in [0.2, 0.25) is 0 Å². The van der Waals surface area contributed by atoms with Gasteiger partial charge in [0.2, 0.25) is 0 Å². The highest BCUT2D eigenvalue weighted by atomic mass is 32.1. The zero-order chi connectivity index (χ0) is 14.7. The molecule has 0 unspecified atom stereocenters. The highest BCUT2D eigenvalue weighted by Gasteiger charge is 2.18. The smallest absolute Gasteiger partial charge is 0.185 e. The average Bonchev–Trinajstić information content (AvgIpc) is 2.95.